The quantitative estimate of drug-likeness (QED) is 0.328. The number of aliphatic imine (C=N–C) groups is 1. The summed E-state index contributed by atoms with van der Waals surface area (Å²) in [4.78, 5) is 5.59. The SMILES string of the molecule is CCCCCCCCC1=NC=C[NH+]1CCO.CCOS(=O)(=O)[O-]. The third kappa shape index (κ3) is 13.3. The first-order chi connectivity index (χ1) is 10.9. The van der Waals surface area contributed by atoms with Crippen LogP contribution in [0.25, 0.3) is 0 Å². The fraction of sp³-hybridized carbons (Fsp3) is 0.800. The molecule has 2 N–H and O–H groups in total. The maximum atomic E-state index is 9.45. The molecule has 0 spiro atoms. The van der Waals surface area contributed by atoms with Gasteiger partial charge in [0.2, 0.25) is 16.2 Å². The van der Waals surface area contributed by atoms with Crippen LogP contribution in [0.15, 0.2) is 17.4 Å². The van der Waals surface area contributed by atoms with E-state index in [9.17, 15) is 13.0 Å². The van der Waals surface area contributed by atoms with Crippen LogP contribution in [0.1, 0.15) is 58.8 Å². The highest BCUT2D eigenvalue weighted by atomic mass is 32.3. The third-order valence-electron chi connectivity index (χ3n) is 3.29. The van der Waals surface area contributed by atoms with E-state index < -0.39 is 10.4 Å². The van der Waals surface area contributed by atoms with Gasteiger partial charge in [-0.15, -0.1) is 0 Å². The molecule has 0 saturated heterocycles. The van der Waals surface area contributed by atoms with Gasteiger partial charge in [-0.05, 0) is 13.3 Å². The van der Waals surface area contributed by atoms with Crippen molar-refractivity contribution in [2.24, 2.45) is 4.99 Å². The monoisotopic (exact) mass is 350 g/mol. The first-order valence-corrected chi connectivity index (χ1v) is 9.58. The van der Waals surface area contributed by atoms with Crippen LogP contribution in [0.5, 0.6) is 0 Å². The molecule has 1 aliphatic heterocycles. The Morgan fingerprint density at radius 2 is 1.87 bits per heavy atom. The van der Waals surface area contributed by atoms with Crippen molar-refractivity contribution in [2.45, 2.75) is 58.8 Å². The van der Waals surface area contributed by atoms with Crippen molar-refractivity contribution in [1.82, 2.24) is 0 Å². The van der Waals surface area contributed by atoms with Crippen molar-refractivity contribution in [2.75, 3.05) is 19.8 Å². The number of nitrogens with one attached hydrogen (secondary N) is 1. The Morgan fingerprint density at radius 1 is 1.22 bits per heavy atom. The average molecular weight is 350 g/mol. The standard InChI is InChI=1S/C13H24N2O.C2H6O4S/c1-2-3-4-5-6-7-8-13-14-9-10-15(13)11-12-16;1-2-6-7(3,4)5/h9-10,16H,2-8,11-12H2,1H3;2H2,1H3,(H,3,4,5). The van der Waals surface area contributed by atoms with Gasteiger partial charge in [-0.3, -0.25) is 9.08 Å². The van der Waals surface area contributed by atoms with Gasteiger partial charge in [0.15, 0.2) is 0 Å². The van der Waals surface area contributed by atoms with E-state index in [0.29, 0.717) is 0 Å². The van der Waals surface area contributed by atoms with Gasteiger partial charge >= 0.3 is 0 Å². The molecule has 8 heteroatoms. The van der Waals surface area contributed by atoms with Crippen LogP contribution < -0.4 is 4.90 Å². The maximum absolute atomic E-state index is 9.45. The zero-order chi connectivity index (χ0) is 17.6. The molecule has 1 atom stereocenters. The van der Waals surface area contributed by atoms with E-state index in [-0.39, 0.29) is 13.2 Å². The van der Waals surface area contributed by atoms with Crippen molar-refractivity contribution in [3.05, 3.63) is 12.4 Å². The fourth-order valence-corrected chi connectivity index (χ4v) is 2.48. The molecule has 0 aromatic rings. The molecule has 0 aromatic carbocycles. The number of aliphatic hydroxyl groups is 1. The number of hydrogen-bond acceptors (Lipinski definition) is 6. The number of quaternary nitrogens is 1. The summed E-state index contributed by atoms with van der Waals surface area (Å²) in [6.07, 6.45) is 12.9. The summed E-state index contributed by atoms with van der Waals surface area (Å²) < 4.78 is 32.0. The van der Waals surface area contributed by atoms with Gasteiger partial charge < -0.3 is 9.66 Å². The minimum absolute atomic E-state index is 0.0914. The first kappa shape index (κ1) is 22.2. The number of unbranched alkanes of at least 4 members (excludes halogenated alkanes) is 5. The van der Waals surface area contributed by atoms with E-state index in [4.69, 9.17) is 5.11 Å². The lowest BCUT2D eigenvalue weighted by Gasteiger charge is -2.10. The molecule has 0 amide bonds. The van der Waals surface area contributed by atoms with Crippen molar-refractivity contribution in [1.29, 1.82) is 0 Å². The Labute approximate surface area is 140 Å². The second-order valence-electron chi connectivity index (χ2n) is 5.22. The van der Waals surface area contributed by atoms with Gasteiger partial charge in [0, 0.05) is 6.42 Å². The molecule has 1 heterocycles. The van der Waals surface area contributed by atoms with Gasteiger partial charge in [-0.2, -0.15) is 0 Å². The van der Waals surface area contributed by atoms with Crippen molar-refractivity contribution >= 4 is 16.2 Å². The van der Waals surface area contributed by atoms with E-state index in [2.05, 4.69) is 16.1 Å². The second kappa shape index (κ2) is 13.6. The lowest BCUT2D eigenvalue weighted by molar-refractivity contribution is -0.746. The van der Waals surface area contributed by atoms with Crippen LogP contribution in [0.3, 0.4) is 0 Å². The van der Waals surface area contributed by atoms with E-state index in [0.717, 1.165) is 13.0 Å². The summed E-state index contributed by atoms with van der Waals surface area (Å²) in [6, 6.07) is 0. The van der Waals surface area contributed by atoms with E-state index in [1.807, 2.05) is 12.4 Å². The van der Waals surface area contributed by atoms with Crippen LogP contribution in [-0.4, -0.2) is 43.7 Å². The Morgan fingerprint density at radius 3 is 2.39 bits per heavy atom. The molecule has 0 aliphatic carbocycles. The molecule has 136 valence electrons. The number of rotatable bonds is 11. The third-order valence-corrected chi connectivity index (χ3v) is 3.81. The van der Waals surface area contributed by atoms with Crippen molar-refractivity contribution in [3.8, 4) is 0 Å². The predicted molar refractivity (Wildman–Crippen MR) is 88.8 cm³/mol. The molecule has 0 radical (unpaired) electrons. The molecule has 0 fully saturated rings. The topological polar surface area (TPSA) is 103 Å². The molecule has 0 bridgehead atoms. The van der Waals surface area contributed by atoms with Crippen LogP contribution in [0.4, 0.5) is 0 Å². The van der Waals surface area contributed by atoms with Crippen LogP contribution >= 0.6 is 0 Å². The lowest BCUT2D eigenvalue weighted by Crippen LogP contribution is -3.09. The summed E-state index contributed by atoms with van der Waals surface area (Å²) in [6.45, 7) is 4.57. The molecule has 0 aromatic heterocycles. The Bertz CT molecular complexity index is 449. The molecular formula is C15H30N2O5S. The lowest BCUT2D eigenvalue weighted by atomic mass is 10.1. The summed E-state index contributed by atoms with van der Waals surface area (Å²) in [5.74, 6) is 1.20. The van der Waals surface area contributed by atoms with Crippen LogP contribution in [0, 0.1) is 0 Å². The molecule has 23 heavy (non-hydrogen) atoms. The smallest absolute Gasteiger partial charge is 0.217 e. The Balaban J connectivity index is 0.000000585. The van der Waals surface area contributed by atoms with Gasteiger partial charge in [-0.25, -0.2) is 13.4 Å². The van der Waals surface area contributed by atoms with Crippen molar-refractivity contribution < 1.29 is 27.2 Å². The van der Waals surface area contributed by atoms with Crippen LogP contribution in [0.2, 0.25) is 0 Å². The highest BCUT2D eigenvalue weighted by Crippen LogP contribution is 2.07. The molecule has 7 nitrogen and oxygen atoms in total. The maximum Gasteiger partial charge on any atom is 0.217 e. The number of amidine groups is 1. The van der Waals surface area contributed by atoms with Gasteiger partial charge in [0.05, 0.1) is 19.4 Å². The second-order valence-corrected chi connectivity index (χ2v) is 6.28. The minimum Gasteiger partial charge on any atom is -0.726 e. The van der Waals surface area contributed by atoms with E-state index in [1.54, 1.807) is 0 Å². The minimum atomic E-state index is -4.42. The Kier molecular flexibility index (Phi) is 13.1. The van der Waals surface area contributed by atoms with E-state index in [1.165, 1.54) is 56.2 Å². The normalized spacial score (nSPS) is 16.9. The number of hydrogen-bond donors (Lipinski definition) is 2. The number of aliphatic hydroxyl groups excluding tert-OH is 1. The van der Waals surface area contributed by atoms with Crippen molar-refractivity contribution in [3.63, 3.8) is 0 Å². The zero-order valence-corrected chi connectivity index (χ0v) is 15.0. The zero-order valence-electron chi connectivity index (χ0n) is 14.2. The van der Waals surface area contributed by atoms with E-state index >= 15 is 0 Å². The molecule has 1 unspecified atom stereocenters. The summed E-state index contributed by atoms with van der Waals surface area (Å²) in [5.41, 5.74) is 0. The summed E-state index contributed by atoms with van der Waals surface area (Å²) >= 11 is 0. The highest BCUT2D eigenvalue weighted by molar-refractivity contribution is 7.80. The summed E-state index contributed by atoms with van der Waals surface area (Å²) in [7, 11) is -4.42. The average Bonchev–Trinajstić information content (AvgIpc) is 2.90. The number of nitrogens with zero attached hydrogens (tertiary/aromatic N) is 1. The van der Waals surface area contributed by atoms with Crippen LogP contribution in [-0.2, 0) is 14.6 Å². The Hall–Kier alpha value is -0.800. The van der Waals surface area contributed by atoms with Gasteiger partial charge in [0.1, 0.15) is 12.7 Å². The highest BCUT2D eigenvalue weighted by Gasteiger charge is 2.17. The van der Waals surface area contributed by atoms with Gasteiger partial charge in [-0.1, -0.05) is 39.0 Å². The van der Waals surface area contributed by atoms with Gasteiger partial charge in [0.25, 0.3) is 0 Å². The molecule has 1 rings (SSSR count). The largest absolute Gasteiger partial charge is 0.726 e. The fourth-order valence-electron chi connectivity index (χ4n) is 2.19. The molecule has 0 saturated carbocycles. The molecule has 1 aliphatic rings. The first-order valence-electron chi connectivity index (χ1n) is 8.25. The predicted octanol–water partition coefficient (Wildman–Crippen LogP) is 0.981. The summed E-state index contributed by atoms with van der Waals surface area (Å²) in [5, 5.41) is 8.90. The molecular weight excluding hydrogens is 320 g/mol.